The van der Waals surface area contributed by atoms with E-state index in [-0.39, 0.29) is 34.5 Å². The summed E-state index contributed by atoms with van der Waals surface area (Å²) >= 11 is 0. The number of unbranched alkanes of at least 4 members (excludes halogenated alkanes) is 20. The van der Waals surface area contributed by atoms with Gasteiger partial charge in [-0.2, -0.15) is 0 Å². The molecule has 0 N–H and O–H groups in total. The van der Waals surface area contributed by atoms with E-state index in [0.717, 1.165) is 55.0 Å². The summed E-state index contributed by atoms with van der Waals surface area (Å²) in [5, 5.41) is 1.56. The van der Waals surface area contributed by atoms with Crippen LogP contribution in [0.15, 0.2) is 35.2 Å². The first-order valence-electron chi connectivity index (χ1n) is 17.0. The van der Waals surface area contributed by atoms with Crippen molar-refractivity contribution in [3.63, 3.8) is 0 Å². The van der Waals surface area contributed by atoms with Crippen LogP contribution in [-0.4, -0.2) is 13.0 Å². The number of aryl methyl sites for hydroxylation is 2. The van der Waals surface area contributed by atoms with E-state index >= 15 is 0 Å². The van der Waals surface area contributed by atoms with E-state index in [1.54, 1.807) is 6.07 Å². The Morgan fingerprint density at radius 1 is 0.561 bits per heavy atom. The monoisotopic (exact) mass is 594 g/mol. The Hall–Kier alpha value is -0.390. The number of fused-ring (bicyclic) bond motifs is 1. The molecule has 0 atom stereocenters. The second-order valence-corrected chi connectivity index (χ2v) is 13.5. The van der Waals surface area contributed by atoms with Gasteiger partial charge in [0.2, 0.25) is 0 Å². The molecule has 5 heteroatoms. The molecule has 0 radical (unpaired) electrons. The van der Waals surface area contributed by atoms with Gasteiger partial charge >= 0.3 is 29.6 Å². The van der Waals surface area contributed by atoms with Crippen LogP contribution in [0, 0.1) is 0 Å². The van der Waals surface area contributed by atoms with Gasteiger partial charge in [-0.1, -0.05) is 167 Å². The first-order chi connectivity index (χ1) is 19.5. The zero-order valence-electron chi connectivity index (χ0n) is 27.0. The molecule has 2 aromatic carbocycles. The zero-order valence-corrected chi connectivity index (χ0v) is 29.8. The summed E-state index contributed by atoms with van der Waals surface area (Å²) in [7, 11) is -4.53. The molecule has 0 unspecified atom stereocenters. The summed E-state index contributed by atoms with van der Waals surface area (Å²) in [5.41, 5.74) is 1.98. The van der Waals surface area contributed by atoms with E-state index in [1.165, 1.54) is 116 Å². The minimum atomic E-state index is -4.53. The maximum absolute atomic E-state index is 12.3. The third-order valence-corrected chi connectivity index (χ3v) is 9.34. The number of hydrogen-bond acceptors (Lipinski definition) is 3. The first-order valence-corrected chi connectivity index (χ1v) is 18.4. The summed E-state index contributed by atoms with van der Waals surface area (Å²) in [6.45, 7) is 4.52. The second kappa shape index (κ2) is 24.0. The molecule has 228 valence electrons. The van der Waals surface area contributed by atoms with Crippen molar-refractivity contribution in [2.45, 2.75) is 173 Å². The minimum Gasteiger partial charge on any atom is -0.744 e. The van der Waals surface area contributed by atoms with Gasteiger partial charge in [-0.15, -0.1) is 0 Å². The van der Waals surface area contributed by atoms with E-state index in [0.29, 0.717) is 5.39 Å². The molecule has 0 fully saturated rings. The molecule has 0 saturated heterocycles. The van der Waals surface area contributed by atoms with E-state index in [1.807, 2.05) is 18.2 Å². The molecule has 3 nitrogen and oxygen atoms in total. The topological polar surface area (TPSA) is 57.2 Å². The standard InChI is InChI=1S/C36H60O3S.Na/c1-3-5-7-9-11-13-15-17-19-21-23-26-32-30-34-29-25-28-33(36(34)35(31-32)40(37,38)39)27-24-22-20-18-16-14-12-10-8-6-4-2;/h25,28-31H,3-24,26-27H2,1-2H3,(H,37,38,39);/q;+1/p-1. The molecule has 0 amide bonds. The van der Waals surface area contributed by atoms with Gasteiger partial charge in [0.25, 0.3) is 0 Å². The Bertz CT molecular complexity index is 1030. The Morgan fingerprint density at radius 3 is 1.41 bits per heavy atom. The van der Waals surface area contributed by atoms with Crippen LogP contribution in [0.1, 0.15) is 166 Å². The number of hydrogen-bond donors (Lipinski definition) is 0. The van der Waals surface area contributed by atoms with Crippen LogP contribution < -0.4 is 29.6 Å². The molecule has 0 aliphatic rings. The molecule has 0 spiro atoms. The largest absolute Gasteiger partial charge is 1.00 e. The fourth-order valence-corrected chi connectivity index (χ4v) is 6.84. The second-order valence-electron chi connectivity index (χ2n) is 12.1. The van der Waals surface area contributed by atoms with Crippen molar-refractivity contribution >= 4 is 20.9 Å². The molecule has 0 aliphatic carbocycles. The van der Waals surface area contributed by atoms with E-state index in [4.69, 9.17) is 0 Å². The van der Waals surface area contributed by atoms with Crippen LogP contribution in [0.4, 0.5) is 0 Å². The molecule has 0 bridgehead atoms. The average Bonchev–Trinajstić information content (AvgIpc) is 2.93. The third kappa shape index (κ3) is 16.9. The summed E-state index contributed by atoms with van der Waals surface area (Å²) in [6, 6.07) is 9.79. The summed E-state index contributed by atoms with van der Waals surface area (Å²) in [4.78, 5) is -0.0123. The van der Waals surface area contributed by atoms with Gasteiger partial charge in [-0.25, -0.2) is 8.42 Å². The van der Waals surface area contributed by atoms with Crippen LogP contribution in [0.3, 0.4) is 0 Å². The fraction of sp³-hybridized carbons (Fsp3) is 0.722. The Labute approximate surface area is 276 Å². The Morgan fingerprint density at radius 2 is 0.976 bits per heavy atom. The van der Waals surface area contributed by atoms with Crippen LogP contribution in [-0.2, 0) is 23.0 Å². The Balaban J connectivity index is 0.00000840. The van der Waals surface area contributed by atoms with Gasteiger partial charge in [0.05, 0.1) is 4.90 Å². The van der Waals surface area contributed by atoms with Crippen molar-refractivity contribution in [3.8, 4) is 0 Å². The first kappa shape index (κ1) is 38.6. The number of benzene rings is 2. The van der Waals surface area contributed by atoms with Crippen molar-refractivity contribution in [1.29, 1.82) is 0 Å². The molecule has 0 aliphatic heterocycles. The van der Waals surface area contributed by atoms with Crippen molar-refractivity contribution in [2.24, 2.45) is 0 Å². The van der Waals surface area contributed by atoms with Crippen molar-refractivity contribution in [3.05, 3.63) is 41.5 Å². The van der Waals surface area contributed by atoms with Gasteiger partial charge in [-0.05, 0) is 48.3 Å². The van der Waals surface area contributed by atoms with Gasteiger partial charge in [-0.3, -0.25) is 0 Å². The van der Waals surface area contributed by atoms with Crippen molar-refractivity contribution in [1.82, 2.24) is 0 Å². The molecule has 0 aromatic heterocycles. The summed E-state index contributed by atoms with van der Waals surface area (Å²) in [6.07, 6.45) is 30.0. The normalized spacial score (nSPS) is 11.7. The van der Waals surface area contributed by atoms with Crippen LogP contribution >= 0.6 is 0 Å². The van der Waals surface area contributed by atoms with Gasteiger partial charge < -0.3 is 4.55 Å². The molecule has 0 heterocycles. The quantitative estimate of drug-likeness (QED) is 0.0658. The molecule has 2 rings (SSSR count). The molecule has 0 saturated carbocycles. The van der Waals surface area contributed by atoms with E-state index in [9.17, 15) is 13.0 Å². The predicted molar refractivity (Wildman–Crippen MR) is 172 cm³/mol. The maximum atomic E-state index is 12.3. The van der Waals surface area contributed by atoms with Gasteiger partial charge in [0.1, 0.15) is 10.1 Å². The molecular formula is C36H59NaO3S. The van der Waals surface area contributed by atoms with E-state index < -0.39 is 10.1 Å². The van der Waals surface area contributed by atoms with Crippen molar-refractivity contribution in [2.75, 3.05) is 0 Å². The zero-order chi connectivity index (χ0) is 28.9. The molecule has 2 aromatic rings. The smallest absolute Gasteiger partial charge is 0.744 e. The van der Waals surface area contributed by atoms with E-state index in [2.05, 4.69) is 19.9 Å². The molecular weight excluding hydrogens is 535 g/mol. The number of rotatable bonds is 25. The van der Waals surface area contributed by atoms with Crippen LogP contribution in [0.25, 0.3) is 10.8 Å². The van der Waals surface area contributed by atoms with Gasteiger partial charge in [0.15, 0.2) is 0 Å². The third-order valence-electron chi connectivity index (χ3n) is 8.47. The van der Waals surface area contributed by atoms with Crippen LogP contribution in [0.2, 0.25) is 0 Å². The predicted octanol–water partition coefficient (Wildman–Crippen LogP) is 8.45. The van der Waals surface area contributed by atoms with Gasteiger partial charge in [0, 0.05) is 5.39 Å². The SMILES string of the molecule is CCCCCCCCCCCCCc1cc(S(=O)(=O)[O-])c2c(CCCCCCCCCCCCC)cccc2c1.[Na+]. The molecule has 41 heavy (non-hydrogen) atoms. The van der Waals surface area contributed by atoms with Crippen molar-refractivity contribution < 1.29 is 42.5 Å². The maximum Gasteiger partial charge on any atom is 1.00 e. The van der Waals surface area contributed by atoms with Crippen LogP contribution in [0.5, 0.6) is 0 Å². The Kier molecular flexibility index (Phi) is 22.6. The average molecular weight is 595 g/mol. The minimum absolute atomic E-state index is 0. The fourth-order valence-electron chi connectivity index (χ4n) is 6.05. The summed E-state index contributed by atoms with van der Waals surface area (Å²) in [5.74, 6) is 0. The summed E-state index contributed by atoms with van der Waals surface area (Å²) < 4.78 is 36.9.